The number of methoxy groups -OCH3 is 1. The second kappa shape index (κ2) is 3.79. The summed E-state index contributed by atoms with van der Waals surface area (Å²) in [6.07, 6.45) is 5.40. The first-order valence-corrected chi connectivity index (χ1v) is 6.03. The molecule has 0 saturated carbocycles. The quantitative estimate of drug-likeness (QED) is 0.757. The predicted octanol–water partition coefficient (Wildman–Crippen LogP) is 1.81. The zero-order chi connectivity index (χ0) is 9.31. The smallest absolute Gasteiger partial charge is 0.0690 e. The SMILES string of the molecule is COCCC1(O)CC2CCC(C1)S2. The van der Waals surface area contributed by atoms with Gasteiger partial charge >= 0.3 is 0 Å². The summed E-state index contributed by atoms with van der Waals surface area (Å²) in [6, 6.07) is 0. The van der Waals surface area contributed by atoms with Gasteiger partial charge in [0, 0.05) is 24.2 Å². The van der Waals surface area contributed by atoms with E-state index in [1.807, 2.05) is 0 Å². The van der Waals surface area contributed by atoms with Crippen LogP contribution in [0.3, 0.4) is 0 Å². The maximum Gasteiger partial charge on any atom is 0.0690 e. The number of aliphatic hydroxyl groups is 1. The zero-order valence-electron chi connectivity index (χ0n) is 8.16. The first-order chi connectivity index (χ1) is 6.22. The lowest BCUT2D eigenvalue weighted by Crippen LogP contribution is -2.38. The van der Waals surface area contributed by atoms with Crippen molar-refractivity contribution in [3.8, 4) is 0 Å². The summed E-state index contributed by atoms with van der Waals surface area (Å²) >= 11 is 2.09. The summed E-state index contributed by atoms with van der Waals surface area (Å²) in [5.74, 6) is 0. The molecule has 2 nitrogen and oxygen atoms in total. The number of fused-ring (bicyclic) bond motifs is 2. The van der Waals surface area contributed by atoms with Crippen molar-refractivity contribution in [1.29, 1.82) is 0 Å². The van der Waals surface area contributed by atoms with E-state index in [1.165, 1.54) is 12.8 Å². The highest BCUT2D eigenvalue weighted by atomic mass is 32.2. The fourth-order valence-electron chi connectivity index (χ4n) is 2.51. The molecule has 2 heterocycles. The summed E-state index contributed by atoms with van der Waals surface area (Å²) in [5, 5.41) is 11.7. The van der Waals surface area contributed by atoms with Crippen molar-refractivity contribution in [2.75, 3.05) is 13.7 Å². The highest BCUT2D eigenvalue weighted by Gasteiger charge is 2.42. The van der Waals surface area contributed by atoms with Crippen LogP contribution in [0.1, 0.15) is 32.1 Å². The van der Waals surface area contributed by atoms with Crippen molar-refractivity contribution in [2.24, 2.45) is 0 Å². The molecule has 2 fully saturated rings. The average Bonchev–Trinajstić information content (AvgIpc) is 2.43. The van der Waals surface area contributed by atoms with Crippen LogP contribution < -0.4 is 0 Å². The van der Waals surface area contributed by atoms with Crippen LogP contribution in [0.25, 0.3) is 0 Å². The van der Waals surface area contributed by atoms with E-state index in [0.29, 0.717) is 6.61 Å². The van der Waals surface area contributed by atoms with Gasteiger partial charge in [0.2, 0.25) is 0 Å². The molecule has 0 radical (unpaired) electrons. The summed E-state index contributed by atoms with van der Waals surface area (Å²) in [6.45, 7) is 0.695. The Labute approximate surface area is 84.0 Å². The van der Waals surface area contributed by atoms with E-state index in [-0.39, 0.29) is 0 Å². The fraction of sp³-hybridized carbons (Fsp3) is 1.00. The molecule has 2 atom stereocenters. The van der Waals surface area contributed by atoms with Gasteiger partial charge in [-0.1, -0.05) is 0 Å². The van der Waals surface area contributed by atoms with E-state index in [1.54, 1.807) is 7.11 Å². The van der Waals surface area contributed by atoms with E-state index in [4.69, 9.17) is 4.74 Å². The van der Waals surface area contributed by atoms with Crippen molar-refractivity contribution in [1.82, 2.24) is 0 Å². The molecule has 2 bridgehead atoms. The van der Waals surface area contributed by atoms with Crippen LogP contribution in [0.2, 0.25) is 0 Å². The molecule has 2 aliphatic heterocycles. The molecule has 3 heteroatoms. The highest BCUT2D eigenvalue weighted by molar-refractivity contribution is 8.00. The number of rotatable bonds is 3. The summed E-state index contributed by atoms with van der Waals surface area (Å²) in [4.78, 5) is 0. The van der Waals surface area contributed by atoms with Crippen LogP contribution in [-0.2, 0) is 4.74 Å². The number of thioether (sulfide) groups is 1. The molecular formula is C10H18O2S. The van der Waals surface area contributed by atoms with E-state index in [2.05, 4.69) is 11.8 Å². The maximum absolute atomic E-state index is 10.3. The summed E-state index contributed by atoms with van der Waals surface area (Å²) in [7, 11) is 1.70. The lowest BCUT2D eigenvalue weighted by Gasteiger charge is -2.35. The van der Waals surface area contributed by atoms with Crippen LogP contribution in [-0.4, -0.2) is 34.9 Å². The van der Waals surface area contributed by atoms with Gasteiger partial charge in [-0.15, -0.1) is 0 Å². The van der Waals surface area contributed by atoms with Gasteiger partial charge in [0.1, 0.15) is 0 Å². The van der Waals surface area contributed by atoms with E-state index in [0.717, 1.165) is 29.8 Å². The molecular weight excluding hydrogens is 184 g/mol. The Morgan fingerprint density at radius 2 is 2.00 bits per heavy atom. The van der Waals surface area contributed by atoms with Gasteiger partial charge in [0.15, 0.2) is 0 Å². The largest absolute Gasteiger partial charge is 0.390 e. The average molecular weight is 202 g/mol. The topological polar surface area (TPSA) is 29.5 Å². The minimum absolute atomic E-state index is 0.410. The third-order valence-electron chi connectivity index (χ3n) is 3.18. The van der Waals surface area contributed by atoms with Gasteiger partial charge in [0.25, 0.3) is 0 Å². The van der Waals surface area contributed by atoms with Gasteiger partial charge in [-0.25, -0.2) is 0 Å². The molecule has 0 aromatic heterocycles. The Balaban J connectivity index is 1.92. The molecule has 2 unspecified atom stereocenters. The lowest BCUT2D eigenvalue weighted by molar-refractivity contribution is -0.00517. The second-order valence-electron chi connectivity index (χ2n) is 4.33. The molecule has 0 aliphatic carbocycles. The Morgan fingerprint density at radius 1 is 1.38 bits per heavy atom. The second-order valence-corrected chi connectivity index (χ2v) is 5.94. The minimum Gasteiger partial charge on any atom is -0.390 e. The van der Waals surface area contributed by atoms with E-state index >= 15 is 0 Å². The number of hydrogen-bond acceptors (Lipinski definition) is 3. The van der Waals surface area contributed by atoms with Crippen LogP contribution in [0.15, 0.2) is 0 Å². The molecule has 0 spiro atoms. The molecule has 0 aromatic rings. The predicted molar refractivity (Wildman–Crippen MR) is 55.1 cm³/mol. The molecule has 1 N–H and O–H groups in total. The molecule has 2 aliphatic rings. The Bertz CT molecular complexity index is 172. The monoisotopic (exact) mass is 202 g/mol. The van der Waals surface area contributed by atoms with Crippen LogP contribution in [0.4, 0.5) is 0 Å². The standard InChI is InChI=1S/C10H18O2S/c1-12-5-4-10(11)6-8-2-3-9(7-10)13-8/h8-9,11H,2-7H2,1H3. The van der Waals surface area contributed by atoms with Crippen molar-refractivity contribution < 1.29 is 9.84 Å². The number of hydrogen-bond donors (Lipinski definition) is 1. The third kappa shape index (κ3) is 2.20. The van der Waals surface area contributed by atoms with Gasteiger partial charge in [0.05, 0.1) is 5.60 Å². The fourth-order valence-corrected chi connectivity index (χ4v) is 4.41. The van der Waals surface area contributed by atoms with Gasteiger partial charge < -0.3 is 9.84 Å². The van der Waals surface area contributed by atoms with E-state index < -0.39 is 5.60 Å². The molecule has 0 aromatic carbocycles. The van der Waals surface area contributed by atoms with Crippen molar-refractivity contribution in [3.05, 3.63) is 0 Å². The first-order valence-electron chi connectivity index (χ1n) is 5.09. The van der Waals surface area contributed by atoms with Crippen molar-refractivity contribution in [2.45, 2.75) is 48.2 Å². The van der Waals surface area contributed by atoms with Crippen LogP contribution >= 0.6 is 11.8 Å². The Hall–Kier alpha value is 0.270. The van der Waals surface area contributed by atoms with Gasteiger partial charge in [-0.05, 0) is 32.1 Å². The first kappa shape index (κ1) is 9.81. The van der Waals surface area contributed by atoms with Gasteiger partial charge in [-0.2, -0.15) is 11.8 Å². The maximum atomic E-state index is 10.3. The Morgan fingerprint density at radius 3 is 2.54 bits per heavy atom. The van der Waals surface area contributed by atoms with E-state index in [9.17, 15) is 5.11 Å². The zero-order valence-corrected chi connectivity index (χ0v) is 8.98. The van der Waals surface area contributed by atoms with Crippen molar-refractivity contribution >= 4 is 11.8 Å². The number of ether oxygens (including phenoxy) is 1. The molecule has 2 saturated heterocycles. The third-order valence-corrected chi connectivity index (χ3v) is 4.76. The van der Waals surface area contributed by atoms with Crippen molar-refractivity contribution in [3.63, 3.8) is 0 Å². The molecule has 0 amide bonds. The van der Waals surface area contributed by atoms with Crippen LogP contribution in [0, 0.1) is 0 Å². The lowest BCUT2D eigenvalue weighted by atomic mass is 9.90. The minimum atomic E-state index is -0.410. The normalized spacial score (nSPS) is 43.8. The Kier molecular flexibility index (Phi) is 2.86. The molecule has 76 valence electrons. The van der Waals surface area contributed by atoms with Crippen LogP contribution in [0.5, 0.6) is 0 Å². The summed E-state index contributed by atoms with van der Waals surface area (Å²) < 4.78 is 5.03. The highest BCUT2D eigenvalue weighted by Crippen LogP contribution is 2.48. The molecule has 13 heavy (non-hydrogen) atoms. The summed E-state index contributed by atoms with van der Waals surface area (Å²) in [5.41, 5.74) is -0.410. The van der Waals surface area contributed by atoms with Gasteiger partial charge in [-0.3, -0.25) is 0 Å². The molecule has 2 rings (SSSR count).